The Balaban J connectivity index is 2.25. The van der Waals surface area contributed by atoms with Crippen LogP contribution in [0.4, 0.5) is 0 Å². The minimum absolute atomic E-state index is 0.126. The van der Waals surface area contributed by atoms with Crippen molar-refractivity contribution in [3.8, 4) is 0 Å². The third kappa shape index (κ3) is 3.24. The van der Waals surface area contributed by atoms with E-state index in [-0.39, 0.29) is 5.69 Å². The number of nitrogens with zero attached hydrogens (tertiary/aromatic N) is 4. The summed E-state index contributed by atoms with van der Waals surface area (Å²) in [6.45, 7) is 0. The lowest BCUT2D eigenvalue weighted by Crippen LogP contribution is -1.95. The Morgan fingerprint density at radius 1 is 1.42 bits per heavy atom. The summed E-state index contributed by atoms with van der Waals surface area (Å²) in [5, 5.41) is 6.29. The quantitative estimate of drug-likeness (QED) is 0.475. The molecule has 2 aromatic rings. The fourth-order valence-electron chi connectivity index (χ4n) is 1.43. The maximum atomic E-state index is 11.3. The first-order chi connectivity index (χ1) is 9.11. The van der Waals surface area contributed by atoms with Gasteiger partial charge in [-0.25, -0.2) is 4.98 Å². The van der Waals surface area contributed by atoms with Crippen molar-refractivity contribution in [2.75, 3.05) is 0 Å². The maximum Gasteiger partial charge on any atom is 0.268 e. The zero-order valence-electron chi connectivity index (χ0n) is 9.38. The number of azide groups is 1. The van der Waals surface area contributed by atoms with Gasteiger partial charge in [-0.15, -0.1) is 11.3 Å². The molecule has 0 spiro atoms. The SMILES string of the molecule is [N-]=[N+]=NC(=O)c1csc(Cc2c(Cl)cccc2Cl)n1. The molecule has 96 valence electrons. The first-order valence-electron chi connectivity index (χ1n) is 5.08. The molecule has 1 amide bonds. The summed E-state index contributed by atoms with van der Waals surface area (Å²) in [5.41, 5.74) is 9.07. The molecule has 8 heteroatoms. The number of hydrogen-bond donors (Lipinski definition) is 0. The molecular formula is C11H6Cl2N4OS. The van der Waals surface area contributed by atoms with Crippen LogP contribution in [0, 0.1) is 0 Å². The van der Waals surface area contributed by atoms with Crippen molar-refractivity contribution in [1.82, 2.24) is 4.98 Å². The number of aromatic nitrogens is 1. The molecule has 5 nitrogen and oxygen atoms in total. The lowest BCUT2D eigenvalue weighted by molar-refractivity contribution is 0.0996. The summed E-state index contributed by atoms with van der Waals surface area (Å²) in [6.07, 6.45) is 0.423. The Labute approximate surface area is 122 Å². The smallest absolute Gasteiger partial charge is 0.268 e. The molecule has 0 aliphatic heterocycles. The molecule has 0 N–H and O–H groups in total. The second-order valence-electron chi connectivity index (χ2n) is 3.50. The molecule has 1 aromatic heterocycles. The van der Waals surface area contributed by atoms with Crippen LogP contribution < -0.4 is 0 Å². The lowest BCUT2D eigenvalue weighted by atomic mass is 10.1. The summed E-state index contributed by atoms with van der Waals surface area (Å²) < 4.78 is 0. The van der Waals surface area contributed by atoms with E-state index in [0.717, 1.165) is 5.56 Å². The lowest BCUT2D eigenvalue weighted by Gasteiger charge is -2.03. The molecule has 0 atom stereocenters. The van der Waals surface area contributed by atoms with Crippen LogP contribution in [-0.4, -0.2) is 10.9 Å². The Kier molecular flexibility index (Phi) is 4.39. The number of hydrogen-bond acceptors (Lipinski definition) is 3. The van der Waals surface area contributed by atoms with Gasteiger partial charge in [-0.05, 0) is 28.3 Å². The molecular weight excluding hydrogens is 307 g/mol. The van der Waals surface area contributed by atoms with Crippen molar-refractivity contribution < 1.29 is 4.79 Å². The van der Waals surface area contributed by atoms with E-state index in [2.05, 4.69) is 15.0 Å². The predicted octanol–water partition coefficient (Wildman–Crippen LogP) is 4.49. The topological polar surface area (TPSA) is 78.7 Å². The highest BCUT2D eigenvalue weighted by molar-refractivity contribution is 7.09. The zero-order chi connectivity index (χ0) is 13.8. The van der Waals surface area contributed by atoms with E-state index < -0.39 is 5.91 Å². The van der Waals surface area contributed by atoms with Crippen molar-refractivity contribution in [3.63, 3.8) is 0 Å². The summed E-state index contributed by atoms with van der Waals surface area (Å²) in [6, 6.07) is 5.23. The van der Waals surface area contributed by atoms with Crippen LogP contribution in [0.2, 0.25) is 10.0 Å². The van der Waals surface area contributed by atoms with Gasteiger partial charge < -0.3 is 0 Å². The number of halogens is 2. The minimum Gasteiger partial charge on any atom is -0.285 e. The van der Waals surface area contributed by atoms with E-state index in [4.69, 9.17) is 28.7 Å². The third-order valence-electron chi connectivity index (χ3n) is 2.30. The van der Waals surface area contributed by atoms with E-state index in [1.807, 2.05) is 0 Å². The normalized spacial score (nSPS) is 10.0. The van der Waals surface area contributed by atoms with E-state index in [1.165, 1.54) is 16.7 Å². The summed E-state index contributed by atoms with van der Waals surface area (Å²) in [5.74, 6) is -0.699. The van der Waals surface area contributed by atoms with Crippen molar-refractivity contribution in [2.45, 2.75) is 6.42 Å². The van der Waals surface area contributed by atoms with Gasteiger partial charge in [0.15, 0.2) is 0 Å². The standard InChI is InChI=1S/C11H6Cl2N4OS/c12-7-2-1-3-8(13)6(7)4-10-15-9(5-19-10)11(18)16-17-14/h1-3,5H,4H2. The van der Waals surface area contributed by atoms with Gasteiger partial charge in [-0.1, -0.05) is 29.3 Å². The van der Waals surface area contributed by atoms with Gasteiger partial charge in [-0.2, -0.15) is 0 Å². The second kappa shape index (κ2) is 6.04. The van der Waals surface area contributed by atoms with Gasteiger partial charge >= 0.3 is 0 Å². The highest BCUT2D eigenvalue weighted by Gasteiger charge is 2.12. The van der Waals surface area contributed by atoms with Crippen molar-refractivity contribution in [1.29, 1.82) is 0 Å². The number of benzene rings is 1. The van der Waals surface area contributed by atoms with E-state index in [1.54, 1.807) is 18.2 Å². The van der Waals surface area contributed by atoms with Gasteiger partial charge in [0.05, 0.1) is 5.01 Å². The monoisotopic (exact) mass is 312 g/mol. The molecule has 2 rings (SSSR count). The van der Waals surface area contributed by atoms with Crippen LogP contribution in [-0.2, 0) is 6.42 Å². The van der Waals surface area contributed by atoms with Crippen LogP contribution in [0.3, 0.4) is 0 Å². The third-order valence-corrected chi connectivity index (χ3v) is 3.85. The van der Waals surface area contributed by atoms with Crippen molar-refractivity contribution in [2.24, 2.45) is 5.11 Å². The van der Waals surface area contributed by atoms with Gasteiger partial charge in [-0.3, -0.25) is 4.79 Å². The van der Waals surface area contributed by atoms with Gasteiger partial charge in [0.25, 0.3) is 5.91 Å². The van der Waals surface area contributed by atoms with Crippen LogP contribution in [0.15, 0.2) is 28.7 Å². The zero-order valence-corrected chi connectivity index (χ0v) is 11.7. The molecule has 0 aliphatic rings. The first-order valence-corrected chi connectivity index (χ1v) is 6.72. The Hall–Kier alpha value is -1.59. The summed E-state index contributed by atoms with van der Waals surface area (Å²) in [4.78, 5) is 17.8. The molecule has 0 bridgehead atoms. The van der Waals surface area contributed by atoms with E-state index >= 15 is 0 Å². The Morgan fingerprint density at radius 3 is 2.74 bits per heavy atom. The Morgan fingerprint density at radius 2 is 2.11 bits per heavy atom. The maximum absolute atomic E-state index is 11.3. The highest BCUT2D eigenvalue weighted by atomic mass is 35.5. The summed E-state index contributed by atoms with van der Waals surface area (Å²) in [7, 11) is 0. The summed E-state index contributed by atoms with van der Waals surface area (Å²) >= 11 is 13.4. The van der Waals surface area contributed by atoms with Gasteiger partial charge in [0.2, 0.25) is 0 Å². The minimum atomic E-state index is -0.699. The van der Waals surface area contributed by atoms with Crippen molar-refractivity contribution in [3.05, 3.63) is 60.3 Å². The number of carbonyl (C=O) groups excluding carboxylic acids is 1. The number of carbonyl (C=O) groups is 1. The van der Waals surface area contributed by atoms with Crippen LogP contribution >= 0.6 is 34.5 Å². The number of amides is 1. The van der Waals surface area contributed by atoms with Crippen LogP contribution in [0.1, 0.15) is 21.1 Å². The molecule has 19 heavy (non-hydrogen) atoms. The Bertz CT molecular complexity index is 659. The van der Waals surface area contributed by atoms with Gasteiger partial charge in [0, 0.05) is 26.8 Å². The first kappa shape index (κ1) is 13.8. The van der Waals surface area contributed by atoms with E-state index in [0.29, 0.717) is 21.5 Å². The molecule has 0 aliphatic carbocycles. The average molecular weight is 313 g/mol. The van der Waals surface area contributed by atoms with E-state index in [9.17, 15) is 4.79 Å². The van der Waals surface area contributed by atoms with Crippen LogP contribution in [0.25, 0.3) is 10.4 Å². The fraction of sp³-hybridized carbons (Fsp3) is 0.0909. The molecule has 0 saturated heterocycles. The molecule has 0 radical (unpaired) electrons. The second-order valence-corrected chi connectivity index (χ2v) is 5.26. The molecule has 0 fully saturated rings. The largest absolute Gasteiger partial charge is 0.285 e. The fourth-order valence-corrected chi connectivity index (χ4v) is 2.75. The number of rotatable bonds is 3. The molecule has 0 saturated carbocycles. The average Bonchev–Trinajstić information content (AvgIpc) is 2.83. The molecule has 1 heterocycles. The van der Waals surface area contributed by atoms with Crippen molar-refractivity contribution >= 4 is 40.4 Å². The number of thiazole rings is 1. The van der Waals surface area contributed by atoms with Crippen LogP contribution in [0.5, 0.6) is 0 Å². The highest BCUT2D eigenvalue weighted by Crippen LogP contribution is 2.27. The molecule has 1 aromatic carbocycles. The predicted molar refractivity (Wildman–Crippen MR) is 74.9 cm³/mol. The van der Waals surface area contributed by atoms with Gasteiger partial charge in [0.1, 0.15) is 5.69 Å². The molecule has 0 unspecified atom stereocenters.